The van der Waals surface area contributed by atoms with E-state index >= 15 is 0 Å². The molecule has 3 aromatic heterocycles. The lowest BCUT2D eigenvalue weighted by molar-refractivity contribution is 1.02. The van der Waals surface area contributed by atoms with Crippen molar-refractivity contribution in [1.82, 2.24) is 24.9 Å². The molecule has 0 aliphatic rings. The lowest BCUT2D eigenvalue weighted by Crippen LogP contribution is -2.16. The van der Waals surface area contributed by atoms with Gasteiger partial charge >= 0.3 is 0 Å². The highest BCUT2D eigenvalue weighted by Crippen LogP contribution is 2.30. The third-order valence-electron chi connectivity index (χ3n) is 4.51. The number of rotatable bonds is 7. The Morgan fingerprint density at radius 1 is 0.917 bits per heavy atom. The minimum Gasteiger partial charge on any atom is -0.368 e. The van der Waals surface area contributed by atoms with Gasteiger partial charge in [-0.05, 0) is 31.2 Å². The molecule has 0 saturated carbocycles. The van der Waals surface area contributed by atoms with Gasteiger partial charge in [0, 0.05) is 59.9 Å². The standard InChI is InChI=1S/C23H20ClN7.C3H8.CH3Cl/c1-3-16-4-9-20(27-13-16)25-10-11-26-23-29-14-19(22-28-12-15(2)30-22)21(31-23)17-5-7-18(24)8-6-17;1-3-2;1-2/h1,4-9,12-14H,10-11H2,2H3,(H,25,27)(H,28,30)(H,26,29,31);3H2,1-2H3;1H3. The number of aromatic amines is 1. The van der Waals surface area contributed by atoms with Gasteiger partial charge in [-0.2, -0.15) is 0 Å². The van der Waals surface area contributed by atoms with Gasteiger partial charge in [0.1, 0.15) is 11.6 Å². The van der Waals surface area contributed by atoms with Crippen molar-refractivity contribution in [2.24, 2.45) is 0 Å². The summed E-state index contributed by atoms with van der Waals surface area (Å²) in [5, 5.41) is 7.14. The molecule has 4 aromatic rings. The van der Waals surface area contributed by atoms with E-state index in [1.165, 1.54) is 12.8 Å². The van der Waals surface area contributed by atoms with Gasteiger partial charge in [0.05, 0.1) is 11.3 Å². The fraction of sp³-hybridized carbons (Fsp3) is 0.259. The largest absolute Gasteiger partial charge is 0.368 e. The van der Waals surface area contributed by atoms with E-state index in [0.29, 0.717) is 24.1 Å². The lowest BCUT2D eigenvalue weighted by atomic mass is 10.1. The van der Waals surface area contributed by atoms with E-state index < -0.39 is 0 Å². The van der Waals surface area contributed by atoms with Gasteiger partial charge in [-0.1, -0.05) is 49.9 Å². The van der Waals surface area contributed by atoms with Crippen LogP contribution in [0.3, 0.4) is 0 Å². The maximum Gasteiger partial charge on any atom is 0.223 e. The van der Waals surface area contributed by atoms with Crippen molar-refractivity contribution in [3.63, 3.8) is 0 Å². The summed E-state index contributed by atoms with van der Waals surface area (Å²) in [6.45, 7) is 7.45. The lowest BCUT2D eigenvalue weighted by Gasteiger charge is -2.11. The van der Waals surface area contributed by atoms with Crippen molar-refractivity contribution >= 4 is 35.0 Å². The van der Waals surface area contributed by atoms with Crippen LogP contribution in [0.15, 0.2) is 55.0 Å². The molecule has 0 unspecified atom stereocenters. The number of nitrogens with zero attached hydrogens (tertiary/aromatic N) is 4. The number of nitrogens with one attached hydrogen (secondary N) is 3. The fourth-order valence-electron chi connectivity index (χ4n) is 2.97. The molecule has 0 aliphatic carbocycles. The zero-order valence-electron chi connectivity index (χ0n) is 20.9. The first-order valence-corrected chi connectivity index (χ1v) is 12.6. The highest BCUT2D eigenvalue weighted by molar-refractivity contribution is 6.30. The number of pyridine rings is 1. The minimum atomic E-state index is 0.523. The van der Waals surface area contributed by atoms with Crippen molar-refractivity contribution in [2.45, 2.75) is 27.2 Å². The number of alkyl halides is 1. The fourth-order valence-corrected chi connectivity index (χ4v) is 3.09. The SMILES string of the molecule is C#Cc1ccc(NCCNc2ncc(-c3ncc(C)[nH]3)c(-c3ccc(Cl)cc3)n2)nc1.CCC.CCl. The molecule has 0 saturated heterocycles. The predicted molar refractivity (Wildman–Crippen MR) is 152 cm³/mol. The highest BCUT2D eigenvalue weighted by atomic mass is 35.5. The molecule has 0 radical (unpaired) electrons. The van der Waals surface area contributed by atoms with E-state index in [1.807, 2.05) is 43.3 Å². The van der Waals surface area contributed by atoms with Gasteiger partial charge in [0.2, 0.25) is 5.95 Å². The minimum absolute atomic E-state index is 0.523. The van der Waals surface area contributed by atoms with E-state index in [1.54, 1.807) is 18.6 Å². The smallest absolute Gasteiger partial charge is 0.223 e. The zero-order valence-corrected chi connectivity index (χ0v) is 22.5. The molecular formula is C27H31Cl2N7. The monoisotopic (exact) mass is 523 g/mol. The molecule has 0 bridgehead atoms. The van der Waals surface area contributed by atoms with Crippen molar-refractivity contribution in [1.29, 1.82) is 0 Å². The van der Waals surface area contributed by atoms with Crippen LogP contribution in [0.5, 0.6) is 0 Å². The summed E-state index contributed by atoms with van der Waals surface area (Å²) in [6, 6.07) is 11.2. The first-order valence-electron chi connectivity index (χ1n) is 11.5. The second kappa shape index (κ2) is 15.4. The number of imidazole rings is 1. The van der Waals surface area contributed by atoms with E-state index in [-0.39, 0.29) is 0 Å². The molecule has 7 nitrogen and oxygen atoms in total. The molecule has 0 spiro atoms. The Balaban J connectivity index is 0.000000850. The van der Waals surface area contributed by atoms with Gasteiger partial charge < -0.3 is 15.6 Å². The molecule has 4 rings (SSSR count). The molecular weight excluding hydrogens is 493 g/mol. The molecule has 0 aliphatic heterocycles. The van der Waals surface area contributed by atoms with Gasteiger partial charge in [0.25, 0.3) is 0 Å². The zero-order chi connectivity index (χ0) is 26.3. The van der Waals surface area contributed by atoms with Crippen LogP contribution in [0.1, 0.15) is 31.5 Å². The van der Waals surface area contributed by atoms with Crippen molar-refractivity contribution in [2.75, 3.05) is 30.1 Å². The van der Waals surface area contributed by atoms with Crippen LogP contribution in [-0.4, -0.2) is 44.4 Å². The summed E-state index contributed by atoms with van der Waals surface area (Å²) in [5.74, 6) is 4.55. The molecule has 1 aromatic carbocycles. The topological polar surface area (TPSA) is 91.4 Å². The number of hydrogen-bond acceptors (Lipinski definition) is 6. The first-order chi connectivity index (χ1) is 17.5. The van der Waals surface area contributed by atoms with Crippen molar-refractivity contribution < 1.29 is 0 Å². The molecule has 0 amide bonds. The van der Waals surface area contributed by atoms with Crippen LogP contribution in [0, 0.1) is 19.3 Å². The van der Waals surface area contributed by atoms with Gasteiger partial charge in [-0.3, -0.25) is 0 Å². The van der Waals surface area contributed by atoms with Crippen molar-refractivity contribution in [3.05, 3.63) is 71.3 Å². The Kier molecular flexibility index (Phi) is 12.3. The summed E-state index contributed by atoms with van der Waals surface area (Å²) >= 11 is 10.7. The van der Waals surface area contributed by atoms with Gasteiger partial charge in [-0.15, -0.1) is 18.0 Å². The van der Waals surface area contributed by atoms with Crippen LogP contribution < -0.4 is 10.6 Å². The summed E-state index contributed by atoms with van der Waals surface area (Å²) in [5.41, 5.74) is 4.22. The molecule has 0 fully saturated rings. The Morgan fingerprint density at radius 2 is 1.61 bits per heavy atom. The average molecular weight is 525 g/mol. The summed E-state index contributed by atoms with van der Waals surface area (Å²) in [6.07, 6.45) is 13.3. The van der Waals surface area contributed by atoms with E-state index in [9.17, 15) is 0 Å². The predicted octanol–water partition coefficient (Wildman–Crippen LogP) is 6.67. The third kappa shape index (κ3) is 8.56. The molecule has 3 N–H and O–H groups in total. The van der Waals surface area contributed by atoms with Gasteiger partial charge in [0.15, 0.2) is 0 Å². The molecule has 3 heterocycles. The Bertz CT molecular complexity index is 1230. The number of benzene rings is 1. The van der Waals surface area contributed by atoms with Crippen LogP contribution in [0.25, 0.3) is 22.6 Å². The molecule has 36 heavy (non-hydrogen) atoms. The number of H-pyrrole nitrogens is 1. The average Bonchev–Trinajstić information content (AvgIpc) is 3.35. The van der Waals surface area contributed by atoms with E-state index in [2.05, 4.69) is 61.9 Å². The quantitative estimate of drug-likeness (QED) is 0.142. The van der Waals surface area contributed by atoms with Crippen LogP contribution in [0.4, 0.5) is 11.8 Å². The number of aryl methyl sites for hydroxylation is 1. The second-order valence-corrected chi connectivity index (χ2v) is 7.95. The van der Waals surface area contributed by atoms with E-state index in [4.69, 9.17) is 23.0 Å². The molecule has 9 heteroatoms. The first kappa shape index (κ1) is 28.6. The maximum atomic E-state index is 6.06. The van der Waals surface area contributed by atoms with Crippen molar-refractivity contribution in [3.8, 4) is 35.0 Å². The summed E-state index contributed by atoms with van der Waals surface area (Å²) in [4.78, 5) is 21.1. The van der Waals surface area contributed by atoms with Crippen LogP contribution in [0.2, 0.25) is 5.02 Å². The number of halogens is 2. The number of terminal acetylenes is 1. The number of anilines is 2. The molecule has 0 atom stereocenters. The van der Waals surface area contributed by atoms with E-state index in [0.717, 1.165) is 39.7 Å². The Hall–Kier alpha value is -3.60. The Morgan fingerprint density at radius 3 is 2.19 bits per heavy atom. The summed E-state index contributed by atoms with van der Waals surface area (Å²) in [7, 11) is 0. The highest BCUT2D eigenvalue weighted by Gasteiger charge is 2.14. The van der Waals surface area contributed by atoms with Crippen LogP contribution >= 0.6 is 23.2 Å². The van der Waals surface area contributed by atoms with Gasteiger partial charge in [-0.25, -0.2) is 19.9 Å². The summed E-state index contributed by atoms with van der Waals surface area (Å²) < 4.78 is 0. The van der Waals surface area contributed by atoms with Crippen LogP contribution in [-0.2, 0) is 0 Å². The third-order valence-corrected chi connectivity index (χ3v) is 4.76. The Labute approximate surface area is 223 Å². The second-order valence-electron chi connectivity index (χ2n) is 7.51. The molecule has 188 valence electrons. The normalized spacial score (nSPS) is 9.69. The number of aromatic nitrogens is 5. The number of hydrogen-bond donors (Lipinski definition) is 3. The maximum absolute atomic E-state index is 6.06.